The average molecular weight is 249 g/mol. The third kappa shape index (κ3) is 2.16. The molecule has 2 heterocycles. The predicted octanol–water partition coefficient (Wildman–Crippen LogP) is -0.490. The fourth-order valence-electron chi connectivity index (χ4n) is 1.53. The number of carbonyl (C=O) groups excluding carboxylic acids is 1. The number of aliphatic hydroxyl groups excluding tert-OH is 1. The van der Waals surface area contributed by atoms with Gasteiger partial charge in [-0.25, -0.2) is 9.31 Å². The van der Waals surface area contributed by atoms with Gasteiger partial charge in [-0.15, -0.1) is 0 Å². The van der Waals surface area contributed by atoms with E-state index in [2.05, 4.69) is 10.4 Å². The molecule has 0 bridgehead atoms. The molecule has 0 unspecified atom stereocenters. The Morgan fingerprint density at radius 2 is 2.22 bits per heavy atom. The van der Waals surface area contributed by atoms with E-state index in [4.69, 9.17) is 10.2 Å². The van der Waals surface area contributed by atoms with E-state index in [0.717, 1.165) is 0 Å². The van der Waals surface area contributed by atoms with Crippen LogP contribution < -0.4 is 5.32 Å². The van der Waals surface area contributed by atoms with Crippen LogP contribution in [-0.4, -0.2) is 44.4 Å². The van der Waals surface area contributed by atoms with E-state index in [1.165, 1.54) is 10.7 Å². The average Bonchev–Trinajstić information content (AvgIpc) is 2.79. The molecule has 0 fully saturated rings. The number of carboxylic acid groups (broad SMARTS) is 1. The highest BCUT2D eigenvalue weighted by Crippen LogP contribution is 2.09. The zero-order valence-electron chi connectivity index (χ0n) is 9.28. The Hall–Kier alpha value is -2.41. The first-order valence-corrected chi connectivity index (χ1v) is 5.20. The van der Waals surface area contributed by atoms with Gasteiger partial charge in [-0.2, -0.15) is 5.10 Å². The van der Waals surface area contributed by atoms with Gasteiger partial charge in [0, 0.05) is 6.20 Å². The van der Waals surface area contributed by atoms with Crippen LogP contribution in [0.25, 0.3) is 5.52 Å². The Morgan fingerprint density at radius 3 is 2.89 bits per heavy atom. The van der Waals surface area contributed by atoms with Gasteiger partial charge < -0.3 is 15.5 Å². The number of pyridine rings is 1. The van der Waals surface area contributed by atoms with Crippen LogP contribution in [0.4, 0.5) is 0 Å². The Labute approximate surface area is 102 Å². The maximum Gasteiger partial charge on any atom is 0.328 e. The molecule has 0 aliphatic heterocycles. The lowest BCUT2D eigenvalue weighted by atomic mass is 10.2. The second-order valence-electron chi connectivity index (χ2n) is 3.64. The standard InChI is InChI=1S/C11H11N3O4/c15-6-8(11(17)18)13-10(16)7-5-12-14-4-2-1-3-9(7)14/h1-5,8,15H,6H2,(H,13,16)(H,17,18)/t8-/m0/s1. The summed E-state index contributed by atoms with van der Waals surface area (Å²) in [5.74, 6) is -1.88. The molecule has 3 N–H and O–H groups in total. The Kier molecular flexibility index (Phi) is 3.24. The van der Waals surface area contributed by atoms with Crippen molar-refractivity contribution in [1.29, 1.82) is 0 Å². The largest absolute Gasteiger partial charge is 0.480 e. The minimum atomic E-state index is -1.32. The molecule has 94 valence electrons. The Morgan fingerprint density at radius 1 is 1.44 bits per heavy atom. The van der Waals surface area contributed by atoms with Crippen LogP contribution in [0, 0.1) is 0 Å². The lowest BCUT2D eigenvalue weighted by Gasteiger charge is -2.10. The van der Waals surface area contributed by atoms with Gasteiger partial charge in [0.1, 0.15) is 0 Å². The van der Waals surface area contributed by atoms with Crippen molar-refractivity contribution in [2.45, 2.75) is 6.04 Å². The molecule has 0 saturated carbocycles. The molecule has 0 aliphatic carbocycles. The lowest BCUT2D eigenvalue weighted by Crippen LogP contribution is -2.43. The minimum Gasteiger partial charge on any atom is -0.480 e. The third-order valence-corrected chi connectivity index (χ3v) is 2.46. The molecule has 0 aromatic carbocycles. The van der Waals surface area contributed by atoms with Gasteiger partial charge in [0.2, 0.25) is 0 Å². The summed E-state index contributed by atoms with van der Waals surface area (Å²) in [7, 11) is 0. The summed E-state index contributed by atoms with van der Waals surface area (Å²) in [6, 6.07) is 3.87. The molecule has 2 aromatic rings. The SMILES string of the molecule is O=C(N[C@@H](CO)C(=O)O)c1cnn2ccccc12. The number of rotatable bonds is 4. The van der Waals surface area contributed by atoms with Crippen LogP contribution in [-0.2, 0) is 4.79 Å². The smallest absolute Gasteiger partial charge is 0.328 e. The van der Waals surface area contributed by atoms with E-state index < -0.39 is 24.5 Å². The van der Waals surface area contributed by atoms with Crippen molar-refractivity contribution in [3.63, 3.8) is 0 Å². The predicted molar refractivity (Wildman–Crippen MR) is 61.2 cm³/mol. The molecular weight excluding hydrogens is 238 g/mol. The topological polar surface area (TPSA) is 104 Å². The molecule has 18 heavy (non-hydrogen) atoms. The van der Waals surface area contributed by atoms with E-state index >= 15 is 0 Å². The number of carbonyl (C=O) groups is 2. The van der Waals surface area contributed by atoms with Crippen molar-refractivity contribution in [1.82, 2.24) is 14.9 Å². The van der Waals surface area contributed by atoms with Crippen LogP contribution in [0.1, 0.15) is 10.4 Å². The zero-order chi connectivity index (χ0) is 13.1. The highest BCUT2D eigenvalue weighted by Gasteiger charge is 2.21. The van der Waals surface area contributed by atoms with Crippen molar-refractivity contribution in [2.75, 3.05) is 6.61 Å². The van der Waals surface area contributed by atoms with Crippen molar-refractivity contribution in [2.24, 2.45) is 0 Å². The lowest BCUT2D eigenvalue weighted by molar-refractivity contribution is -0.140. The Bertz CT molecular complexity index is 593. The van der Waals surface area contributed by atoms with E-state index in [1.54, 1.807) is 24.4 Å². The molecule has 2 aromatic heterocycles. The number of hydrogen-bond acceptors (Lipinski definition) is 4. The number of hydrogen-bond donors (Lipinski definition) is 3. The Balaban J connectivity index is 2.26. The minimum absolute atomic E-state index is 0.260. The monoisotopic (exact) mass is 249 g/mol. The molecule has 0 spiro atoms. The molecule has 0 aliphatic rings. The summed E-state index contributed by atoms with van der Waals surface area (Å²) >= 11 is 0. The molecule has 7 nitrogen and oxygen atoms in total. The normalized spacial score (nSPS) is 12.3. The first-order valence-electron chi connectivity index (χ1n) is 5.20. The van der Waals surface area contributed by atoms with Crippen LogP contribution in [0.3, 0.4) is 0 Å². The number of fused-ring (bicyclic) bond motifs is 1. The number of nitrogens with one attached hydrogen (secondary N) is 1. The number of nitrogens with zero attached hydrogens (tertiary/aromatic N) is 2. The van der Waals surface area contributed by atoms with Crippen molar-refractivity contribution < 1.29 is 19.8 Å². The van der Waals surface area contributed by atoms with Gasteiger partial charge in [-0.3, -0.25) is 4.79 Å². The quantitative estimate of drug-likeness (QED) is 0.678. The van der Waals surface area contributed by atoms with Crippen LogP contribution in [0.15, 0.2) is 30.6 Å². The fourth-order valence-corrected chi connectivity index (χ4v) is 1.53. The van der Waals surface area contributed by atoms with Crippen molar-refractivity contribution in [3.05, 3.63) is 36.2 Å². The molecule has 1 atom stereocenters. The summed E-state index contributed by atoms with van der Waals surface area (Å²) in [5, 5.41) is 23.8. The summed E-state index contributed by atoms with van der Waals surface area (Å²) < 4.78 is 1.50. The second-order valence-corrected chi connectivity index (χ2v) is 3.64. The van der Waals surface area contributed by atoms with Gasteiger partial charge in [0.05, 0.1) is 23.9 Å². The van der Waals surface area contributed by atoms with E-state index in [0.29, 0.717) is 5.52 Å². The summed E-state index contributed by atoms with van der Waals surface area (Å²) in [5.41, 5.74) is 0.826. The summed E-state index contributed by atoms with van der Waals surface area (Å²) in [4.78, 5) is 22.6. The van der Waals surface area contributed by atoms with E-state index in [-0.39, 0.29) is 5.56 Å². The van der Waals surface area contributed by atoms with Crippen LogP contribution >= 0.6 is 0 Å². The highest BCUT2D eigenvalue weighted by molar-refractivity contribution is 6.02. The maximum absolute atomic E-state index is 11.9. The zero-order valence-corrected chi connectivity index (χ0v) is 9.28. The van der Waals surface area contributed by atoms with Gasteiger partial charge in [0.25, 0.3) is 5.91 Å². The number of aliphatic hydroxyl groups is 1. The maximum atomic E-state index is 11.9. The van der Waals surface area contributed by atoms with E-state index in [1.807, 2.05) is 0 Å². The van der Waals surface area contributed by atoms with Crippen molar-refractivity contribution in [3.8, 4) is 0 Å². The van der Waals surface area contributed by atoms with Gasteiger partial charge >= 0.3 is 5.97 Å². The highest BCUT2D eigenvalue weighted by atomic mass is 16.4. The molecular formula is C11H11N3O4. The third-order valence-electron chi connectivity index (χ3n) is 2.46. The molecule has 2 rings (SSSR count). The second kappa shape index (κ2) is 4.84. The first-order chi connectivity index (χ1) is 8.63. The van der Waals surface area contributed by atoms with Gasteiger partial charge in [-0.1, -0.05) is 6.07 Å². The summed E-state index contributed by atoms with van der Waals surface area (Å²) in [6.45, 7) is -0.666. The van der Waals surface area contributed by atoms with Crippen molar-refractivity contribution >= 4 is 17.4 Å². The molecule has 7 heteroatoms. The molecule has 0 radical (unpaired) electrons. The number of carboxylic acids is 1. The first kappa shape index (κ1) is 12.1. The number of aromatic nitrogens is 2. The number of amides is 1. The fraction of sp³-hybridized carbons (Fsp3) is 0.182. The molecule has 1 amide bonds. The molecule has 0 saturated heterocycles. The van der Waals surface area contributed by atoms with E-state index in [9.17, 15) is 9.59 Å². The number of aliphatic carboxylic acids is 1. The summed E-state index contributed by atoms with van der Waals surface area (Å²) in [6.07, 6.45) is 3.02. The van der Waals surface area contributed by atoms with Gasteiger partial charge in [-0.05, 0) is 12.1 Å². The van der Waals surface area contributed by atoms with Crippen LogP contribution in [0.2, 0.25) is 0 Å². The van der Waals surface area contributed by atoms with Gasteiger partial charge in [0.15, 0.2) is 6.04 Å². The van der Waals surface area contributed by atoms with Crippen LogP contribution in [0.5, 0.6) is 0 Å².